The minimum absolute atomic E-state index is 0.0290. The number of nitrogens with zero attached hydrogens (tertiary/aromatic N) is 1. The van der Waals surface area contributed by atoms with Gasteiger partial charge in [-0.15, -0.1) is 0 Å². The van der Waals surface area contributed by atoms with Crippen molar-refractivity contribution in [2.45, 2.75) is 31.5 Å². The quantitative estimate of drug-likeness (QED) is 0.770. The van der Waals surface area contributed by atoms with Gasteiger partial charge in [0.15, 0.2) is 0 Å². The molecule has 1 aromatic rings. The number of hydrogen-bond acceptors (Lipinski definition) is 5. The SMILES string of the molecule is CC(C)[C@@H](CO)NCc1ccc(S(=O)(=O)N(C)C)o1. The number of rotatable bonds is 7. The molecule has 0 saturated heterocycles. The molecule has 2 N–H and O–H groups in total. The van der Waals surface area contributed by atoms with Crippen LogP contribution in [0.3, 0.4) is 0 Å². The molecule has 0 amide bonds. The average Bonchev–Trinajstić information content (AvgIpc) is 2.78. The lowest BCUT2D eigenvalue weighted by atomic mass is 10.1. The van der Waals surface area contributed by atoms with Crippen LogP contribution in [0.15, 0.2) is 21.6 Å². The lowest BCUT2D eigenvalue weighted by Gasteiger charge is -2.19. The molecule has 0 unspecified atom stereocenters. The van der Waals surface area contributed by atoms with Crippen molar-refractivity contribution in [2.24, 2.45) is 5.92 Å². The van der Waals surface area contributed by atoms with Crippen LogP contribution in [-0.2, 0) is 16.6 Å². The Kier molecular flexibility index (Phi) is 5.54. The summed E-state index contributed by atoms with van der Waals surface area (Å²) in [5.41, 5.74) is 0. The van der Waals surface area contributed by atoms with Crippen molar-refractivity contribution in [3.8, 4) is 0 Å². The Balaban J connectivity index is 2.71. The predicted octanol–water partition coefficient (Wildman–Crippen LogP) is 0.636. The third kappa shape index (κ3) is 4.04. The first-order valence-corrected chi connectivity index (χ1v) is 7.58. The molecule has 0 bridgehead atoms. The monoisotopic (exact) mass is 290 g/mol. The first-order chi connectivity index (χ1) is 8.78. The van der Waals surface area contributed by atoms with Crippen molar-refractivity contribution in [3.05, 3.63) is 17.9 Å². The maximum absolute atomic E-state index is 11.8. The van der Waals surface area contributed by atoms with Crippen LogP contribution in [0.5, 0.6) is 0 Å². The molecule has 1 atom stereocenters. The van der Waals surface area contributed by atoms with Gasteiger partial charge in [0.25, 0.3) is 10.0 Å². The molecule has 6 nitrogen and oxygen atoms in total. The van der Waals surface area contributed by atoms with Crippen LogP contribution >= 0.6 is 0 Å². The molecule has 0 aliphatic rings. The number of sulfonamides is 1. The Morgan fingerprint density at radius 2 is 2.00 bits per heavy atom. The Morgan fingerprint density at radius 1 is 1.37 bits per heavy atom. The highest BCUT2D eigenvalue weighted by Gasteiger charge is 2.21. The van der Waals surface area contributed by atoms with Gasteiger partial charge in [-0.25, -0.2) is 12.7 Å². The fraction of sp³-hybridized carbons (Fsp3) is 0.667. The second-order valence-electron chi connectivity index (χ2n) is 4.92. The van der Waals surface area contributed by atoms with Crippen LogP contribution < -0.4 is 5.32 Å². The summed E-state index contributed by atoms with van der Waals surface area (Å²) in [5, 5.41) is 12.2. The van der Waals surface area contributed by atoms with Gasteiger partial charge in [0, 0.05) is 20.1 Å². The molecule has 0 radical (unpaired) electrons. The molecule has 0 aromatic carbocycles. The molecule has 110 valence electrons. The summed E-state index contributed by atoms with van der Waals surface area (Å²) in [6, 6.07) is 3.02. The lowest BCUT2D eigenvalue weighted by Crippen LogP contribution is -2.36. The van der Waals surface area contributed by atoms with E-state index in [-0.39, 0.29) is 23.7 Å². The molecule has 1 heterocycles. The van der Waals surface area contributed by atoms with Gasteiger partial charge in [0.05, 0.1) is 13.2 Å². The second-order valence-corrected chi connectivity index (χ2v) is 7.00. The van der Waals surface area contributed by atoms with E-state index in [0.29, 0.717) is 12.3 Å². The minimum Gasteiger partial charge on any atom is -0.447 e. The zero-order chi connectivity index (χ0) is 14.6. The average molecular weight is 290 g/mol. The highest BCUT2D eigenvalue weighted by molar-refractivity contribution is 7.88. The fourth-order valence-corrected chi connectivity index (χ4v) is 2.33. The fourth-order valence-electron chi connectivity index (χ4n) is 1.51. The van der Waals surface area contributed by atoms with E-state index < -0.39 is 10.0 Å². The number of hydrogen-bond donors (Lipinski definition) is 2. The van der Waals surface area contributed by atoms with E-state index in [1.807, 2.05) is 13.8 Å². The van der Waals surface area contributed by atoms with Gasteiger partial charge in [-0.3, -0.25) is 0 Å². The maximum Gasteiger partial charge on any atom is 0.275 e. The smallest absolute Gasteiger partial charge is 0.275 e. The molecule has 0 saturated carbocycles. The third-order valence-corrected chi connectivity index (χ3v) is 4.60. The molecule has 0 fully saturated rings. The molecule has 0 aliphatic heterocycles. The third-order valence-electron chi connectivity index (χ3n) is 2.91. The van der Waals surface area contributed by atoms with Crippen molar-refractivity contribution in [1.29, 1.82) is 0 Å². The Bertz CT molecular complexity index is 494. The Labute approximate surface area is 114 Å². The van der Waals surface area contributed by atoms with Crippen molar-refractivity contribution < 1.29 is 17.9 Å². The minimum atomic E-state index is -3.53. The first kappa shape index (κ1) is 16.2. The topological polar surface area (TPSA) is 82.8 Å². The highest BCUT2D eigenvalue weighted by Crippen LogP contribution is 2.17. The highest BCUT2D eigenvalue weighted by atomic mass is 32.2. The van der Waals surface area contributed by atoms with Crippen LogP contribution in [0.4, 0.5) is 0 Å². The summed E-state index contributed by atoms with van der Waals surface area (Å²) in [7, 11) is -0.618. The van der Waals surface area contributed by atoms with E-state index in [1.165, 1.54) is 20.2 Å². The van der Waals surface area contributed by atoms with E-state index in [0.717, 1.165) is 4.31 Å². The van der Waals surface area contributed by atoms with Gasteiger partial charge in [-0.1, -0.05) is 13.8 Å². The van der Waals surface area contributed by atoms with Crippen molar-refractivity contribution in [3.63, 3.8) is 0 Å². The van der Waals surface area contributed by atoms with Gasteiger partial charge in [0.1, 0.15) is 5.76 Å². The number of furan rings is 1. The number of aliphatic hydroxyl groups excluding tert-OH is 1. The van der Waals surface area contributed by atoms with Crippen LogP contribution in [0.1, 0.15) is 19.6 Å². The summed E-state index contributed by atoms with van der Waals surface area (Å²) >= 11 is 0. The van der Waals surface area contributed by atoms with E-state index >= 15 is 0 Å². The van der Waals surface area contributed by atoms with Crippen LogP contribution in [0.2, 0.25) is 0 Å². The van der Waals surface area contributed by atoms with Gasteiger partial charge in [-0.05, 0) is 18.1 Å². The van der Waals surface area contributed by atoms with Gasteiger partial charge in [-0.2, -0.15) is 0 Å². The molecule has 1 rings (SSSR count). The molecule has 0 spiro atoms. The van der Waals surface area contributed by atoms with Gasteiger partial charge >= 0.3 is 0 Å². The maximum atomic E-state index is 11.8. The van der Waals surface area contributed by atoms with E-state index in [1.54, 1.807) is 6.07 Å². The second kappa shape index (κ2) is 6.51. The van der Waals surface area contributed by atoms with Crippen molar-refractivity contribution in [1.82, 2.24) is 9.62 Å². The van der Waals surface area contributed by atoms with Crippen molar-refractivity contribution >= 4 is 10.0 Å². The standard InChI is InChI=1S/C12H22N2O4S/c1-9(2)11(8-15)13-7-10-5-6-12(18-10)19(16,17)14(3)4/h5-6,9,11,13,15H,7-8H2,1-4H3/t11-/m1/s1. The van der Waals surface area contributed by atoms with Crippen molar-refractivity contribution in [2.75, 3.05) is 20.7 Å². The normalized spacial score (nSPS) is 14.3. The molecule has 0 aliphatic carbocycles. The van der Waals surface area contributed by atoms with Gasteiger partial charge < -0.3 is 14.8 Å². The van der Waals surface area contributed by atoms with Crippen LogP contribution in [0, 0.1) is 5.92 Å². The Morgan fingerprint density at radius 3 is 2.47 bits per heavy atom. The molecular formula is C12H22N2O4S. The summed E-state index contributed by atoms with van der Waals surface area (Å²) < 4.78 is 30.1. The zero-order valence-electron chi connectivity index (χ0n) is 11.8. The van der Waals surface area contributed by atoms with E-state index in [4.69, 9.17) is 4.42 Å². The zero-order valence-corrected chi connectivity index (χ0v) is 12.6. The number of nitrogens with one attached hydrogen (secondary N) is 1. The van der Waals surface area contributed by atoms with E-state index in [9.17, 15) is 13.5 Å². The predicted molar refractivity (Wildman–Crippen MR) is 72.1 cm³/mol. The molecular weight excluding hydrogens is 268 g/mol. The Hall–Kier alpha value is -0.890. The van der Waals surface area contributed by atoms with E-state index in [2.05, 4.69) is 5.32 Å². The summed E-state index contributed by atoms with van der Waals surface area (Å²) in [4.78, 5) is 0. The van der Waals surface area contributed by atoms with Gasteiger partial charge in [0.2, 0.25) is 5.09 Å². The van der Waals surface area contributed by atoms with Crippen LogP contribution in [-0.4, -0.2) is 44.6 Å². The molecule has 19 heavy (non-hydrogen) atoms. The summed E-state index contributed by atoms with van der Waals surface area (Å²) in [6.07, 6.45) is 0. The van der Waals surface area contributed by atoms with Crippen LogP contribution in [0.25, 0.3) is 0 Å². The molecule has 1 aromatic heterocycles. The lowest BCUT2D eigenvalue weighted by molar-refractivity contribution is 0.206. The summed E-state index contributed by atoms with van der Waals surface area (Å²) in [6.45, 7) is 4.41. The molecule has 7 heteroatoms. The number of aliphatic hydroxyl groups is 1. The summed E-state index contributed by atoms with van der Waals surface area (Å²) in [5.74, 6) is 0.810. The largest absolute Gasteiger partial charge is 0.447 e. The first-order valence-electron chi connectivity index (χ1n) is 6.14.